The molecule has 0 radical (unpaired) electrons. The van der Waals surface area contributed by atoms with E-state index in [-0.39, 0.29) is 40.4 Å². The number of fused-ring (bicyclic) bond motifs is 2. The molecule has 0 bridgehead atoms. The lowest BCUT2D eigenvalue weighted by Crippen LogP contribution is -2.25. The van der Waals surface area contributed by atoms with Crippen molar-refractivity contribution in [3.8, 4) is 0 Å². The average molecular weight is 481 g/mol. The molecule has 4 rings (SSSR count). The van der Waals surface area contributed by atoms with Crippen LogP contribution in [0, 0.1) is 6.92 Å². The summed E-state index contributed by atoms with van der Waals surface area (Å²) in [6.45, 7) is 5.13. The van der Waals surface area contributed by atoms with Crippen LogP contribution in [0.1, 0.15) is 51.3 Å². The van der Waals surface area contributed by atoms with E-state index in [0.29, 0.717) is 28.1 Å². The van der Waals surface area contributed by atoms with Crippen molar-refractivity contribution >= 4 is 33.1 Å². The Balaban J connectivity index is 1.59. The molecule has 3 aromatic rings. The number of rotatable bonds is 8. The molecular formula is C25H24N2O6S. The fourth-order valence-corrected chi connectivity index (χ4v) is 4.83. The van der Waals surface area contributed by atoms with Crippen LogP contribution < -0.4 is 10.6 Å². The fraction of sp³-hybridized carbons (Fsp3) is 0.200. The van der Waals surface area contributed by atoms with Crippen LogP contribution in [0.2, 0.25) is 0 Å². The topological polar surface area (TPSA) is 111 Å². The van der Waals surface area contributed by atoms with Gasteiger partial charge in [0.1, 0.15) is 0 Å². The van der Waals surface area contributed by atoms with E-state index in [0.717, 1.165) is 0 Å². The van der Waals surface area contributed by atoms with E-state index >= 15 is 0 Å². The number of anilines is 2. The largest absolute Gasteiger partial charge is 0.382 e. The minimum absolute atomic E-state index is 0.00567. The first-order chi connectivity index (χ1) is 16.2. The van der Waals surface area contributed by atoms with Crippen molar-refractivity contribution in [2.75, 3.05) is 17.4 Å². The third-order valence-electron chi connectivity index (χ3n) is 5.34. The molecule has 0 atom stereocenters. The van der Waals surface area contributed by atoms with Gasteiger partial charge < -0.3 is 10.6 Å². The van der Waals surface area contributed by atoms with Crippen LogP contribution in [0.4, 0.5) is 11.4 Å². The molecule has 0 amide bonds. The molecular weight excluding hydrogens is 456 g/mol. The van der Waals surface area contributed by atoms with E-state index in [1.807, 2.05) is 13.8 Å². The minimum atomic E-state index is -4.14. The average Bonchev–Trinajstić information content (AvgIpc) is 2.80. The molecule has 176 valence electrons. The van der Waals surface area contributed by atoms with Gasteiger partial charge in [0.05, 0.1) is 16.0 Å². The summed E-state index contributed by atoms with van der Waals surface area (Å²) in [5, 5.41) is 6.08. The van der Waals surface area contributed by atoms with Gasteiger partial charge in [0.2, 0.25) is 0 Å². The molecule has 0 heterocycles. The number of hydrogen-bond donors (Lipinski definition) is 2. The number of nitrogens with one attached hydrogen (secondary N) is 2. The van der Waals surface area contributed by atoms with Crippen LogP contribution in [-0.2, 0) is 19.3 Å². The summed E-state index contributed by atoms with van der Waals surface area (Å²) in [6.07, 6.45) is 0. The maximum Gasteiger partial charge on any atom is 0.323 e. The summed E-state index contributed by atoms with van der Waals surface area (Å²) < 4.78 is 29.5. The highest BCUT2D eigenvalue weighted by Gasteiger charge is 2.34. The highest BCUT2D eigenvalue weighted by molar-refractivity contribution is 7.86. The van der Waals surface area contributed by atoms with Crippen molar-refractivity contribution in [2.24, 2.45) is 0 Å². The van der Waals surface area contributed by atoms with Crippen LogP contribution in [0.25, 0.3) is 0 Å². The predicted molar refractivity (Wildman–Crippen MR) is 128 cm³/mol. The third kappa shape index (κ3) is 4.45. The highest BCUT2D eigenvalue weighted by atomic mass is 32.2. The van der Waals surface area contributed by atoms with Crippen LogP contribution in [-0.4, -0.2) is 32.8 Å². The summed E-state index contributed by atoms with van der Waals surface area (Å²) in [6, 6.07) is 16.4. The Hall–Kier alpha value is -3.53. The zero-order valence-corrected chi connectivity index (χ0v) is 19.7. The smallest absolute Gasteiger partial charge is 0.323 e. The monoisotopic (exact) mass is 480 g/mol. The minimum Gasteiger partial charge on any atom is -0.382 e. The van der Waals surface area contributed by atoms with Crippen molar-refractivity contribution in [3.63, 3.8) is 0 Å². The summed E-state index contributed by atoms with van der Waals surface area (Å²) in [7, 11) is -4.14. The first kappa shape index (κ1) is 23.6. The van der Waals surface area contributed by atoms with Gasteiger partial charge in [-0.3, -0.25) is 9.59 Å². The van der Waals surface area contributed by atoms with Crippen LogP contribution in [0.5, 0.6) is 0 Å². The second-order valence-corrected chi connectivity index (χ2v) is 9.62. The Morgan fingerprint density at radius 1 is 0.824 bits per heavy atom. The molecule has 0 aliphatic heterocycles. The van der Waals surface area contributed by atoms with Crippen LogP contribution in [0.3, 0.4) is 0 Å². The van der Waals surface area contributed by atoms with Crippen molar-refractivity contribution in [1.29, 1.82) is 0 Å². The molecule has 8 nitrogen and oxygen atoms in total. The summed E-state index contributed by atoms with van der Waals surface area (Å²) >= 11 is 0. The maximum absolute atomic E-state index is 13.3. The summed E-state index contributed by atoms with van der Waals surface area (Å²) in [5.41, 5.74) is 2.49. The lowest BCUT2D eigenvalue weighted by atomic mass is 9.82. The number of carbonyl (C=O) groups is 2. The van der Waals surface area contributed by atoms with Gasteiger partial charge >= 0.3 is 10.1 Å². The second kappa shape index (κ2) is 9.38. The van der Waals surface area contributed by atoms with E-state index in [1.54, 1.807) is 61.5 Å². The summed E-state index contributed by atoms with van der Waals surface area (Å²) in [5.74, 6) is -0.579. The molecule has 34 heavy (non-hydrogen) atoms. The van der Waals surface area contributed by atoms with Crippen molar-refractivity contribution < 1.29 is 27.2 Å². The van der Waals surface area contributed by atoms with E-state index in [2.05, 4.69) is 15.0 Å². The molecule has 0 spiro atoms. The molecule has 3 aromatic carbocycles. The maximum atomic E-state index is 13.3. The normalized spacial score (nSPS) is 12.9. The third-order valence-corrected chi connectivity index (χ3v) is 6.61. The molecule has 2 N–H and O–H groups in total. The van der Waals surface area contributed by atoms with Crippen molar-refractivity contribution in [2.45, 2.75) is 31.7 Å². The Kier molecular flexibility index (Phi) is 6.52. The Morgan fingerprint density at radius 2 is 1.38 bits per heavy atom. The molecule has 0 unspecified atom stereocenters. The van der Waals surface area contributed by atoms with Gasteiger partial charge in [0.15, 0.2) is 18.3 Å². The number of carbonyl (C=O) groups excluding carboxylic acids is 2. The molecule has 9 heteroatoms. The molecule has 1 aliphatic carbocycles. The van der Waals surface area contributed by atoms with Gasteiger partial charge in [-0.1, -0.05) is 42.5 Å². The molecule has 0 fully saturated rings. The number of ketones is 2. The predicted octanol–water partition coefficient (Wildman–Crippen LogP) is 4.30. The molecule has 1 aliphatic rings. The zero-order chi connectivity index (χ0) is 24.5. The molecule has 0 saturated heterocycles. The molecule has 0 saturated carbocycles. The van der Waals surface area contributed by atoms with Gasteiger partial charge in [-0.15, -0.1) is 4.33 Å². The Bertz CT molecular complexity index is 1380. The van der Waals surface area contributed by atoms with Gasteiger partial charge in [0.25, 0.3) is 0 Å². The van der Waals surface area contributed by atoms with Crippen molar-refractivity contribution in [3.05, 3.63) is 88.5 Å². The van der Waals surface area contributed by atoms with E-state index in [4.69, 9.17) is 4.89 Å². The summed E-state index contributed by atoms with van der Waals surface area (Å²) in [4.78, 5) is 31.6. The standard InChI is InChI=1S/C25H24N2O6S/c1-15(2)27-20-13-12-19(22-23(20)25(29)18-10-6-5-9-17(18)24(22)28)26-14-32-33-34(30,31)21-11-7-4-8-16(21)3/h4-13,15,26-27H,14H2,1-3H3. The van der Waals surface area contributed by atoms with Crippen LogP contribution >= 0.6 is 0 Å². The van der Waals surface area contributed by atoms with E-state index < -0.39 is 10.1 Å². The zero-order valence-electron chi connectivity index (χ0n) is 18.9. The van der Waals surface area contributed by atoms with Gasteiger partial charge in [-0.05, 0) is 44.5 Å². The Morgan fingerprint density at radius 3 is 2.00 bits per heavy atom. The number of aryl methyl sites for hydroxylation is 1. The number of benzene rings is 3. The van der Waals surface area contributed by atoms with Crippen LogP contribution in [0.15, 0.2) is 65.6 Å². The Labute approximate surface area is 198 Å². The number of hydrogen-bond acceptors (Lipinski definition) is 8. The lowest BCUT2D eigenvalue weighted by Gasteiger charge is -2.24. The quantitative estimate of drug-likeness (QED) is 0.166. The SMILES string of the molecule is Cc1ccccc1S(=O)(=O)OOCNc1ccc(NC(C)C)c2c1C(=O)c1ccccc1C2=O. The van der Waals surface area contributed by atoms with Gasteiger partial charge in [-0.2, -0.15) is 13.3 Å². The first-order valence-corrected chi connectivity index (χ1v) is 12.1. The van der Waals surface area contributed by atoms with E-state index in [1.165, 1.54) is 6.07 Å². The lowest BCUT2D eigenvalue weighted by molar-refractivity contribution is -0.194. The fourth-order valence-electron chi connectivity index (χ4n) is 3.87. The van der Waals surface area contributed by atoms with Gasteiger partial charge in [-0.25, -0.2) is 0 Å². The first-order valence-electron chi connectivity index (χ1n) is 10.7. The molecule has 0 aromatic heterocycles. The van der Waals surface area contributed by atoms with Gasteiger partial charge in [0, 0.05) is 28.5 Å². The van der Waals surface area contributed by atoms with Crippen molar-refractivity contribution in [1.82, 2.24) is 0 Å². The van der Waals surface area contributed by atoms with E-state index in [9.17, 15) is 18.0 Å². The second-order valence-electron chi connectivity index (χ2n) is 8.14. The highest BCUT2D eigenvalue weighted by Crippen LogP contribution is 2.36.